The summed E-state index contributed by atoms with van der Waals surface area (Å²) >= 11 is 0. The summed E-state index contributed by atoms with van der Waals surface area (Å²) in [5.74, 6) is 0.490. The van der Waals surface area contributed by atoms with Crippen LogP contribution in [0.3, 0.4) is 0 Å². The predicted molar refractivity (Wildman–Crippen MR) is 123 cm³/mol. The van der Waals surface area contributed by atoms with Gasteiger partial charge >= 0.3 is 0 Å². The number of aromatic nitrogens is 2. The second-order valence-electron chi connectivity index (χ2n) is 9.78. The van der Waals surface area contributed by atoms with E-state index in [4.69, 9.17) is 0 Å². The first kappa shape index (κ1) is 22.1. The summed E-state index contributed by atoms with van der Waals surface area (Å²) in [5.41, 5.74) is 3.34. The zero-order valence-corrected chi connectivity index (χ0v) is 19.3. The van der Waals surface area contributed by atoms with Crippen LogP contribution < -0.4 is 0 Å². The van der Waals surface area contributed by atoms with Crippen molar-refractivity contribution in [2.75, 3.05) is 0 Å². The lowest BCUT2D eigenvalue weighted by molar-refractivity contribution is 0.423. The lowest BCUT2D eigenvalue weighted by Gasteiger charge is -2.27. The Bertz CT molecular complexity index is 1140. The van der Waals surface area contributed by atoms with Gasteiger partial charge in [-0.3, -0.25) is 0 Å². The molecule has 0 unspecified atom stereocenters. The molecule has 1 aromatic heterocycles. The summed E-state index contributed by atoms with van der Waals surface area (Å²) in [6.07, 6.45) is 1.60. The fourth-order valence-corrected chi connectivity index (χ4v) is 4.37. The molecule has 2 N–H and O–H groups in total. The number of imidazole rings is 1. The minimum atomic E-state index is -3.52. The largest absolute Gasteiger partial charge is 0.507 e. The number of fused-ring (bicyclic) bond motifs is 1. The Balaban J connectivity index is 1.95. The van der Waals surface area contributed by atoms with Crippen molar-refractivity contribution < 1.29 is 13.5 Å². The number of aromatic amines is 1. The summed E-state index contributed by atoms with van der Waals surface area (Å²) in [7, 11) is -3.52. The van der Waals surface area contributed by atoms with Crippen LogP contribution in [0.25, 0.3) is 17.1 Å². The van der Waals surface area contributed by atoms with Gasteiger partial charge in [-0.05, 0) is 46.7 Å². The lowest BCUT2D eigenvalue weighted by atomic mass is 9.78. The molecule has 3 aromatic rings. The number of benzene rings is 2. The van der Waals surface area contributed by atoms with E-state index >= 15 is 0 Å². The fourth-order valence-electron chi connectivity index (χ4n) is 3.39. The van der Waals surface area contributed by atoms with E-state index < -0.39 is 9.84 Å². The molecule has 0 aliphatic heterocycles. The van der Waals surface area contributed by atoms with Crippen molar-refractivity contribution >= 4 is 26.9 Å². The summed E-state index contributed by atoms with van der Waals surface area (Å²) in [6, 6.07) is 11.2. The van der Waals surface area contributed by atoms with E-state index in [0.29, 0.717) is 5.82 Å². The van der Waals surface area contributed by atoms with Crippen LogP contribution in [0, 0.1) is 0 Å². The van der Waals surface area contributed by atoms with Gasteiger partial charge in [0.15, 0.2) is 9.84 Å². The molecule has 0 aliphatic carbocycles. The maximum Gasteiger partial charge on any atom is 0.178 e. The maximum absolute atomic E-state index is 12.7. The predicted octanol–water partition coefficient (Wildman–Crippen LogP) is 5.45. The van der Waals surface area contributed by atoms with Crippen molar-refractivity contribution in [3.05, 3.63) is 64.3 Å². The van der Waals surface area contributed by atoms with Gasteiger partial charge in [-0.25, -0.2) is 13.4 Å². The summed E-state index contributed by atoms with van der Waals surface area (Å²) in [5, 5.41) is 12.0. The Hall–Kier alpha value is -2.60. The number of nitrogens with zero attached hydrogens (tertiary/aromatic N) is 1. The van der Waals surface area contributed by atoms with Crippen LogP contribution in [0.1, 0.15) is 64.1 Å². The normalized spacial score (nSPS) is 13.4. The molecule has 0 saturated carbocycles. The highest BCUT2D eigenvalue weighted by molar-refractivity contribution is 7.93. The van der Waals surface area contributed by atoms with Crippen LogP contribution in [0.15, 0.2) is 41.8 Å². The third-order valence-corrected chi connectivity index (χ3v) is 6.22. The fraction of sp³-hybridized carbons (Fsp3) is 0.375. The van der Waals surface area contributed by atoms with Crippen molar-refractivity contribution in [1.29, 1.82) is 0 Å². The Morgan fingerprint density at radius 2 is 1.57 bits per heavy atom. The number of H-pyrrole nitrogens is 1. The second-order valence-corrected chi connectivity index (χ2v) is 11.7. The number of hydrogen-bond acceptors (Lipinski definition) is 4. The van der Waals surface area contributed by atoms with Gasteiger partial charge in [0, 0.05) is 16.5 Å². The van der Waals surface area contributed by atoms with Gasteiger partial charge in [0.2, 0.25) is 0 Å². The number of sulfone groups is 1. The average Bonchev–Trinajstić information content (AvgIpc) is 3.00. The molecule has 0 spiro atoms. The van der Waals surface area contributed by atoms with E-state index in [2.05, 4.69) is 9.97 Å². The van der Waals surface area contributed by atoms with Gasteiger partial charge in [-0.15, -0.1) is 0 Å². The van der Waals surface area contributed by atoms with E-state index in [1.807, 2.05) is 77.9 Å². The van der Waals surface area contributed by atoms with Crippen LogP contribution in [0.4, 0.5) is 0 Å². The zero-order valence-electron chi connectivity index (χ0n) is 18.4. The highest BCUT2D eigenvalue weighted by atomic mass is 32.2. The Kier molecular flexibility index (Phi) is 5.58. The first-order valence-electron chi connectivity index (χ1n) is 9.99. The summed E-state index contributed by atoms with van der Waals surface area (Å²) < 4.78 is 25.4. The van der Waals surface area contributed by atoms with Crippen LogP contribution >= 0.6 is 0 Å². The Morgan fingerprint density at radius 3 is 2.10 bits per heavy atom. The molecular formula is C24H30N2O3S. The summed E-state index contributed by atoms with van der Waals surface area (Å²) in [6.45, 7) is 12.2. The van der Waals surface area contributed by atoms with E-state index in [0.717, 1.165) is 27.7 Å². The Labute approximate surface area is 178 Å². The number of para-hydroxylation sites is 2. The van der Waals surface area contributed by atoms with Crippen molar-refractivity contribution in [2.45, 2.75) is 58.1 Å². The van der Waals surface area contributed by atoms with Crippen molar-refractivity contribution in [2.24, 2.45) is 0 Å². The van der Waals surface area contributed by atoms with Gasteiger partial charge in [0.05, 0.1) is 11.0 Å². The van der Waals surface area contributed by atoms with E-state index in [-0.39, 0.29) is 22.3 Å². The number of phenols is 1. The highest BCUT2D eigenvalue weighted by Crippen LogP contribution is 2.40. The number of hydrogen-bond donors (Lipinski definition) is 2. The molecule has 0 saturated heterocycles. The maximum atomic E-state index is 12.7. The molecule has 0 aliphatic rings. The molecule has 30 heavy (non-hydrogen) atoms. The number of nitrogens with one attached hydrogen (secondary N) is 1. The average molecular weight is 427 g/mol. The number of phenolic OH excluding ortho intramolecular Hbond substituents is 1. The monoisotopic (exact) mass is 426 g/mol. The van der Waals surface area contributed by atoms with Crippen molar-refractivity contribution in [3.8, 4) is 5.75 Å². The molecule has 0 atom stereocenters. The van der Waals surface area contributed by atoms with E-state index in [9.17, 15) is 13.5 Å². The van der Waals surface area contributed by atoms with Gasteiger partial charge in [0.25, 0.3) is 0 Å². The molecular weight excluding hydrogens is 396 g/mol. The first-order chi connectivity index (χ1) is 13.8. The third kappa shape index (κ3) is 4.93. The van der Waals surface area contributed by atoms with Crippen LogP contribution in [0.2, 0.25) is 0 Å². The molecule has 3 rings (SSSR count). The van der Waals surface area contributed by atoms with Crippen LogP contribution in [-0.4, -0.2) is 23.5 Å². The topological polar surface area (TPSA) is 83.0 Å². The minimum absolute atomic E-state index is 0.200. The quantitative estimate of drug-likeness (QED) is 0.581. The molecule has 1 heterocycles. The smallest absolute Gasteiger partial charge is 0.178 e. The second kappa shape index (κ2) is 7.58. The zero-order chi connectivity index (χ0) is 22.3. The minimum Gasteiger partial charge on any atom is -0.507 e. The standard InChI is InChI=1S/C24H30N2O3S/c1-23(2,3)17-13-16(14-18(22(17)27)24(4,5)6)11-12-30(28,29)15-21-25-19-9-7-8-10-20(19)26-21/h7-14,27H,15H2,1-6H3,(H,25,26)/b12-11+. The molecule has 160 valence electrons. The number of aromatic hydroxyl groups is 1. The molecule has 6 heteroatoms. The summed E-state index contributed by atoms with van der Waals surface area (Å²) in [4.78, 5) is 7.41. The molecule has 2 aromatic carbocycles. The van der Waals surface area contributed by atoms with Gasteiger partial charge in [-0.1, -0.05) is 53.7 Å². The van der Waals surface area contributed by atoms with E-state index in [1.165, 1.54) is 5.41 Å². The molecule has 0 bridgehead atoms. The van der Waals surface area contributed by atoms with Crippen molar-refractivity contribution in [3.63, 3.8) is 0 Å². The van der Waals surface area contributed by atoms with Crippen LogP contribution in [0.5, 0.6) is 5.75 Å². The molecule has 0 fully saturated rings. The lowest BCUT2D eigenvalue weighted by Crippen LogP contribution is -2.17. The highest BCUT2D eigenvalue weighted by Gasteiger charge is 2.26. The van der Waals surface area contributed by atoms with Gasteiger partial charge < -0.3 is 10.1 Å². The van der Waals surface area contributed by atoms with Crippen LogP contribution in [-0.2, 0) is 26.4 Å². The van der Waals surface area contributed by atoms with Gasteiger partial charge in [0.1, 0.15) is 17.3 Å². The third-order valence-electron chi connectivity index (χ3n) is 4.99. The SMILES string of the molecule is CC(C)(C)c1cc(/C=C/S(=O)(=O)Cc2nc3ccccc3[nH]2)cc(C(C)(C)C)c1O. The van der Waals surface area contributed by atoms with E-state index in [1.54, 1.807) is 6.08 Å². The molecule has 5 nitrogen and oxygen atoms in total. The number of rotatable bonds is 4. The molecule has 0 radical (unpaired) electrons. The van der Waals surface area contributed by atoms with Gasteiger partial charge in [-0.2, -0.15) is 0 Å². The van der Waals surface area contributed by atoms with Crippen molar-refractivity contribution in [1.82, 2.24) is 9.97 Å². The first-order valence-corrected chi connectivity index (χ1v) is 11.7. The molecule has 0 amide bonds. The Morgan fingerprint density at radius 1 is 1.00 bits per heavy atom.